The van der Waals surface area contributed by atoms with Gasteiger partial charge < -0.3 is 10.6 Å². The molecule has 1 aliphatic heterocycles. The number of benzene rings is 2. The van der Waals surface area contributed by atoms with E-state index in [1.54, 1.807) is 6.92 Å². The summed E-state index contributed by atoms with van der Waals surface area (Å²) < 4.78 is 0. The standard InChI is InChI=1S/C22H27N3O2/c1-16-8-10-19(11-9-16)20-13-25(14-21(20)24-17(2)26)15-22(27)23-12-18-6-4-3-5-7-18/h3-11,20-21H,12-15H2,1-2H3,(H,23,27)(H,24,26)/t20-,21+/m0/s1. The third kappa shape index (κ3) is 5.41. The monoisotopic (exact) mass is 365 g/mol. The Bertz CT molecular complexity index is 774. The summed E-state index contributed by atoms with van der Waals surface area (Å²) >= 11 is 0. The first-order chi connectivity index (χ1) is 13.0. The summed E-state index contributed by atoms with van der Waals surface area (Å²) in [4.78, 5) is 26.1. The van der Waals surface area contributed by atoms with E-state index in [1.807, 2.05) is 30.3 Å². The van der Waals surface area contributed by atoms with Gasteiger partial charge in [0.05, 0.1) is 6.54 Å². The number of nitrogens with zero attached hydrogens (tertiary/aromatic N) is 1. The summed E-state index contributed by atoms with van der Waals surface area (Å²) in [6.45, 7) is 5.91. The molecule has 1 aliphatic rings. The number of hydrogen-bond acceptors (Lipinski definition) is 3. The Morgan fingerprint density at radius 2 is 1.74 bits per heavy atom. The predicted molar refractivity (Wildman–Crippen MR) is 106 cm³/mol. The van der Waals surface area contributed by atoms with Crippen LogP contribution in [0.15, 0.2) is 54.6 Å². The van der Waals surface area contributed by atoms with Gasteiger partial charge in [0.25, 0.3) is 0 Å². The molecule has 1 fully saturated rings. The van der Waals surface area contributed by atoms with Crippen LogP contribution in [-0.4, -0.2) is 42.4 Å². The second-order valence-corrected chi connectivity index (χ2v) is 7.28. The van der Waals surface area contributed by atoms with Crippen LogP contribution in [0.3, 0.4) is 0 Å². The Kier molecular flexibility index (Phi) is 6.24. The van der Waals surface area contributed by atoms with Crippen LogP contribution >= 0.6 is 0 Å². The van der Waals surface area contributed by atoms with Crippen LogP contribution in [0.5, 0.6) is 0 Å². The van der Waals surface area contributed by atoms with Gasteiger partial charge in [-0.2, -0.15) is 0 Å². The first-order valence-corrected chi connectivity index (χ1v) is 9.38. The SMILES string of the molecule is CC(=O)N[C@@H]1CN(CC(=O)NCc2ccccc2)C[C@H]1c1ccc(C)cc1. The molecular weight excluding hydrogens is 338 g/mol. The molecule has 2 aromatic rings. The maximum absolute atomic E-state index is 12.3. The fraction of sp³-hybridized carbons (Fsp3) is 0.364. The molecule has 0 spiro atoms. The van der Waals surface area contributed by atoms with E-state index in [0.29, 0.717) is 19.6 Å². The molecule has 142 valence electrons. The summed E-state index contributed by atoms with van der Waals surface area (Å²) in [6, 6.07) is 18.3. The van der Waals surface area contributed by atoms with E-state index in [0.717, 1.165) is 12.1 Å². The second-order valence-electron chi connectivity index (χ2n) is 7.28. The van der Waals surface area contributed by atoms with Crippen LogP contribution in [0.4, 0.5) is 0 Å². The zero-order chi connectivity index (χ0) is 19.2. The molecule has 2 aromatic carbocycles. The van der Waals surface area contributed by atoms with Crippen molar-refractivity contribution in [3.8, 4) is 0 Å². The third-order valence-corrected chi connectivity index (χ3v) is 4.99. The molecule has 1 heterocycles. The predicted octanol–water partition coefficient (Wildman–Crippen LogP) is 2.22. The molecule has 2 amide bonds. The zero-order valence-electron chi connectivity index (χ0n) is 15.9. The lowest BCUT2D eigenvalue weighted by Gasteiger charge is -2.19. The Hall–Kier alpha value is -2.66. The molecular formula is C22H27N3O2. The van der Waals surface area contributed by atoms with Gasteiger partial charge in [-0.25, -0.2) is 0 Å². The van der Waals surface area contributed by atoms with Crippen LogP contribution in [0.25, 0.3) is 0 Å². The molecule has 0 radical (unpaired) electrons. The normalized spacial score (nSPS) is 19.6. The van der Waals surface area contributed by atoms with Crippen molar-refractivity contribution >= 4 is 11.8 Å². The van der Waals surface area contributed by atoms with Crippen LogP contribution in [-0.2, 0) is 16.1 Å². The maximum Gasteiger partial charge on any atom is 0.234 e. The second kappa shape index (κ2) is 8.82. The average molecular weight is 365 g/mol. The first-order valence-electron chi connectivity index (χ1n) is 9.38. The molecule has 0 aromatic heterocycles. The highest BCUT2D eigenvalue weighted by atomic mass is 16.2. The molecule has 1 saturated heterocycles. The molecule has 3 rings (SSSR count). The Morgan fingerprint density at radius 3 is 2.41 bits per heavy atom. The third-order valence-electron chi connectivity index (χ3n) is 4.99. The number of aryl methyl sites for hydroxylation is 1. The summed E-state index contributed by atoms with van der Waals surface area (Å²) in [7, 11) is 0. The largest absolute Gasteiger partial charge is 0.352 e. The minimum atomic E-state index is -0.0347. The highest BCUT2D eigenvalue weighted by Crippen LogP contribution is 2.28. The quantitative estimate of drug-likeness (QED) is 0.825. The molecule has 0 aliphatic carbocycles. The van der Waals surface area contributed by atoms with Gasteiger partial charge in [-0.05, 0) is 18.1 Å². The summed E-state index contributed by atoms with van der Waals surface area (Å²) in [5.74, 6) is 0.161. The van der Waals surface area contributed by atoms with Crippen molar-refractivity contribution in [2.24, 2.45) is 0 Å². The van der Waals surface area contributed by atoms with Gasteiger partial charge in [-0.3, -0.25) is 14.5 Å². The van der Waals surface area contributed by atoms with Crippen LogP contribution in [0, 0.1) is 6.92 Å². The number of carbonyl (C=O) groups is 2. The lowest BCUT2D eigenvalue weighted by atomic mass is 9.93. The van der Waals surface area contributed by atoms with Gasteiger partial charge in [0.2, 0.25) is 11.8 Å². The van der Waals surface area contributed by atoms with Crippen molar-refractivity contribution in [2.45, 2.75) is 32.4 Å². The Morgan fingerprint density at radius 1 is 1.04 bits per heavy atom. The van der Waals surface area contributed by atoms with E-state index in [4.69, 9.17) is 0 Å². The van der Waals surface area contributed by atoms with Crippen LogP contribution in [0.1, 0.15) is 29.5 Å². The smallest absolute Gasteiger partial charge is 0.234 e. The Labute approximate surface area is 160 Å². The number of hydrogen-bond donors (Lipinski definition) is 2. The van der Waals surface area contributed by atoms with Crippen molar-refractivity contribution < 1.29 is 9.59 Å². The van der Waals surface area contributed by atoms with Gasteiger partial charge >= 0.3 is 0 Å². The molecule has 0 unspecified atom stereocenters. The molecule has 5 heteroatoms. The lowest BCUT2D eigenvalue weighted by molar-refractivity contribution is -0.122. The number of rotatable bonds is 6. The van der Waals surface area contributed by atoms with Crippen molar-refractivity contribution in [3.05, 3.63) is 71.3 Å². The first kappa shape index (κ1) is 19.1. The maximum atomic E-state index is 12.3. The number of likely N-dealkylation sites (tertiary alicyclic amines) is 1. The van der Waals surface area contributed by atoms with E-state index in [-0.39, 0.29) is 23.8 Å². The minimum Gasteiger partial charge on any atom is -0.352 e. The van der Waals surface area contributed by atoms with E-state index >= 15 is 0 Å². The average Bonchev–Trinajstić information content (AvgIpc) is 3.03. The van der Waals surface area contributed by atoms with E-state index in [1.165, 1.54) is 11.1 Å². The zero-order valence-corrected chi connectivity index (χ0v) is 15.9. The molecule has 2 atom stereocenters. The molecule has 0 saturated carbocycles. The number of amides is 2. The number of nitrogens with one attached hydrogen (secondary N) is 2. The van der Waals surface area contributed by atoms with Crippen LogP contribution in [0.2, 0.25) is 0 Å². The topological polar surface area (TPSA) is 61.4 Å². The van der Waals surface area contributed by atoms with Gasteiger partial charge in [-0.1, -0.05) is 60.2 Å². The van der Waals surface area contributed by atoms with E-state index in [9.17, 15) is 9.59 Å². The summed E-state index contributed by atoms with van der Waals surface area (Å²) in [6.07, 6.45) is 0. The van der Waals surface area contributed by atoms with Crippen molar-refractivity contribution in [1.29, 1.82) is 0 Å². The fourth-order valence-electron chi connectivity index (χ4n) is 3.63. The van der Waals surface area contributed by atoms with Gasteiger partial charge in [0.15, 0.2) is 0 Å². The molecule has 0 bridgehead atoms. The van der Waals surface area contributed by atoms with Gasteiger partial charge in [0, 0.05) is 38.5 Å². The Balaban J connectivity index is 1.60. The van der Waals surface area contributed by atoms with E-state index in [2.05, 4.69) is 46.7 Å². The van der Waals surface area contributed by atoms with Crippen molar-refractivity contribution in [1.82, 2.24) is 15.5 Å². The molecule has 5 nitrogen and oxygen atoms in total. The number of carbonyl (C=O) groups excluding carboxylic acids is 2. The van der Waals surface area contributed by atoms with Crippen molar-refractivity contribution in [2.75, 3.05) is 19.6 Å². The van der Waals surface area contributed by atoms with E-state index < -0.39 is 0 Å². The highest BCUT2D eigenvalue weighted by Gasteiger charge is 2.34. The minimum absolute atomic E-state index is 0.00461. The summed E-state index contributed by atoms with van der Waals surface area (Å²) in [5.41, 5.74) is 3.50. The molecule has 2 N–H and O–H groups in total. The van der Waals surface area contributed by atoms with Gasteiger partial charge in [-0.15, -0.1) is 0 Å². The molecule has 27 heavy (non-hydrogen) atoms. The van der Waals surface area contributed by atoms with Crippen molar-refractivity contribution in [3.63, 3.8) is 0 Å². The fourth-order valence-corrected chi connectivity index (χ4v) is 3.63. The van der Waals surface area contributed by atoms with Gasteiger partial charge in [0.1, 0.15) is 0 Å². The lowest BCUT2D eigenvalue weighted by Crippen LogP contribution is -2.40. The van der Waals surface area contributed by atoms with Crippen LogP contribution < -0.4 is 10.6 Å². The summed E-state index contributed by atoms with van der Waals surface area (Å²) in [5, 5.41) is 6.03. The highest BCUT2D eigenvalue weighted by molar-refractivity contribution is 5.78.